The van der Waals surface area contributed by atoms with Crippen molar-refractivity contribution in [3.05, 3.63) is 35.4 Å². The molecule has 0 saturated carbocycles. The standard InChI is InChI=1S/C14H20FN/c15-8-5-12-1-3-13(4-2-12)11-14-6-9-16-10-7-14/h1-4,14,16H,5-11H2. The molecule has 0 atom stereocenters. The van der Waals surface area contributed by atoms with Gasteiger partial charge in [-0.25, -0.2) is 0 Å². The molecule has 1 aliphatic rings. The van der Waals surface area contributed by atoms with Crippen LogP contribution in [0.4, 0.5) is 4.39 Å². The molecule has 0 amide bonds. The summed E-state index contributed by atoms with van der Waals surface area (Å²) in [6, 6.07) is 8.45. The van der Waals surface area contributed by atoms with Gasteiger partial charge in [0.2, 0.25) is 0 Å². The maximum atomic E-state index is 12.1. The van der Waals surface area contributed by atoms with Crippen molar-refractivity contribution < 1.29 is 4.39 Å². The smallest absolute Gasteiger partial charge is 0.0934 e. The van der Waals surface area contributed by atoms with Crippen molar-refractivity contribution >= 4 is 0 Å². The summed E-state index contributed by atoms with van der Waals surface area (Å²) >= 11 is 0. The van der Waals surface area contributed by atoms with Crippen LogP contribution in [-0.4, -0.2) is 19.8 Å². The van der Waals surface area contributed by atoms with Crippen LogP contribution in [0.15, 0.2) is 24.3 Å². The van der Waals surface area contributed by atoms with Crippen molar-refractivity contribution in [2.45, 2.75) is 25.7 Å². The monoisotopic (exact) mass is 221 g/mol. The first-order valence-corrected chi connectivity index (χ1v) is 6.23. The Morgan fingerprint density at radius 3 is 2.31 bits per heavy atom. The van der Waals surface area contributed by atoms with E-state index in [1.165, 1.54) is 24.8 Å². The molecule has 1 aliphatic heterocycles. The van der Waals surface area contributed by atoms with Gasteiger partial charge in [0, 0.05) is 6.42 Å². The van der Waals surface area contributed by atoms with Gasteiger partial charge < -0.3 is 5.32 Å². The fourth-order valence-corrected chi connectivity index (χ4v) is 2.37. The highest BCUT2D eigenvalue weighted by Crippen LogP contribution is 2.18. The fourth-order valence-electron chi connectivity index (χ4n) is 2.37. The lowest BCUT2D eigenvalue weighted by Crippen LogP contribution is -2.28. The fraction of sp³-hybridized carbons (Fsp3) is 0.571. The summed E-state index contributed by atoms with van der Waals surface area (Å²) in [5.41, 5.74) is 2.51. The largest absolute Gasteiger partial charge is 0.317 e. The third-order valence-electron chi connectivity index (χ3n) is 3.39. The molecule has 0 bridgehead atoms. The summed E-state index contributed by atoms with van der Waals surface area (Å²) in [5, 5.41) is 3.38. The first-order chi connectivity index (χ1) is 7.88. The van der Waals surface area contributed by atoms with Gasteiger partial charge in [-0.05, 0) is 49.4 Å². The number of hydrogen-bond donors (Lipinski definition) is 1. The van der Waals surface area contributed by atoms with Crippen LogP contribution in [0.3, 0.4) is 0 Å². The SMILES string of the molecule is FCCc1ccc(CC2CCNCC2)cc1. The third-order valence-corrected chi connectivity index (χ3v) is 3.39. The van der Waals surface area contributed by atoms with Crippen LogP contribution in [0.2, 0.25) is 0 Å². The maximum absolute atomic E-state index is 12.1. The number of hydrogen-bond acceptors (Lipinski definition) is 1. The van der Waals surface area contributed by atoms with Gasteiger partial charge in [-0.15, -0.1) is 0 Å². The van der Waals surface area contributed by atoms with Gasteiger partial charge in [-0.2, -0.15) is 0 Å². The van der Waals surface area contributed by atoms with Crippen molar-refractivity contribution in [1.29, 1.82) is 0 Å². The van der Waals surface area contributed by atoms with E-state index in [-0.39, 0.29) is 6.67 Å². The minimum absolute atomic E-state index is 0.256. The van der Waals surface area contributed by atoms with E-state index in [2.05, 4.69) is 29.6 Å². The maximum Gasteiger partial charge on any atom is 0.0934 e. The van der Waals surface area contributed by atoms with Crippen molar-refractivity contribution in [1.82, 2.24) is 5.32 Å². The molecule has 1 fully saturated rings. The molecule has 88 valence electrons. The topological polar surface area (TPSA) is 12.0 Å². The van der Waals surface area contributed by atoms with Gasteiger partial charge in [0.15, 0.2) is 0 Å². The molecule has 1 saturated heterocycles. The second kappa shape index (κ2) is 6.00. The minimum atomic E-state index is -0.256. The van der Waals surface area contributed by atoms with Crippen LogP contribution in [0.25, 0.3) is 0 Å². The Balaban J connectivity index is 1.88. The summed E-state index contributed by atoms with van der Waals surface area (Å²) in [7, 11) is 0. The Morgan fingerprint density at radius 1 is 1.06 bits per heavy atom. The number of nitrogens with one attached hydrogen (secondary N) is 1. The molecule has 1 aromatic carbocycles. The van der Waals surface area contributed by atoms with Gasteiger partial charge >= 0.3 is 0 Å². The van der Waals surface area contributed by atoms with E-state index in [4.69, 9.17) is 0 Å². The van der Waals surface area contributed by atoms with E-state index in [0.717, 1.165) is 24.6 Å². The van der Waals surface area contributed by atoms with Crippen LogP contribution in [-0.2, 0) is 12.8 Å². The lowest BCUT2D eigenvalue weighted by atomic mass is 9.90. The molecule has 1 nitrogen and oxygen atoms in total. The number of alkyl halides is 1. The molecule has 16 heavy (non-hydrogen) atoms. The summed E-state index contributed by atoms with van der Waals surface area (Å²) < 4.78 is 12.1. The molecule has 1 N–H and O–H groups in total. The van der Waals surface area contributed by atoms with Crippen molar-refractivity contribution in [2.24, 2.45) is 5.92 Å². The number of aryl methyl sites for hydroxylation is 1. The second-order valence-electron chi connectivity index (χ2n) is 4.65. The molecule has 0 aliphatic carbocycles. The Labute approximate surface area is 97.1 Å². The molecule has 1 aromatic rings. The second-order valence-corrected chi connectivity index (χ2v) is 4.65. The van der Waals surface area contributed by atoms with E-state index in [1.807, 2.05) is 0 Å². The summed E-state index contributed by atoms with van der Waals surface area (Å²) in [5.74, 6) is 0.827. The van der Waals surface area contributed by atoms with Crippen LogP contribution >= 0.6 is 0 Å². The molecule has 0 radical (unpaired) electrons. The Hall–Kier alpha value is -0.890. The molecule has 1 heterocycles. The Morgan fingerprint density at radius 2 is 1.69 bits per heavy atom. The zero-order valence-corrected chi connectivity index (χ0v) is 9.71. The molecule has 0 unspecified atom stereocenters. The predicted octanol–water partition coefficient (Wildman–Crippen LogP) is 2.74. The highest BCUT2D eigenvalue weighted by atomic mass is 19.1. The lowest BCUT2D eigenvalue weighted by molar-refractivity contribution is 0.372. The predicted molar refractivity (Wildman–Crippen MR) is 65.4 cm³/mol. The normalized spacial score (nSPS) is 17.6. The molecular weight excluding hydrogens is 201 g/mol. The van der Waals surface area contributed by atoms with Gasteiger partial charge in [0.25, 0.3) is 0 Å². The Kier molecular flexibility index (Phi) is 4.34. The number of halogens is 1. The first-order valence-electron chi connectivity index (χ1n) is 6.23. The zero-order chi connectivity index (χ0) is 11.2. The number of piperidine rings is 1. The quantitative estimate of drug-likeness (QED) is 0.824. The summed E-state index contributed by atoms with van der Waals surface area (Å²) in [6.45, 7) is 2.06. The minimum Gasteiger partial charge on any atom is -0.317 e. The van der Waals surface area contributed by atoms with Crippen LogP contribution in [0, 0.1) is 5.92 Å². The van der Waals surface area contributed by atoms with Crippen LogP contribution in [0.5, 0.6) is 0 Å². The third kappa shape index (κ3) is 3.31. The Bertz CT molecular complexity index is 301. The molecule has 2 heteroatoms. The van der Waals surface area contributed by atoms with Crippen LogP contribution in [0.1, 0.15) is 24.0 Å². The van der Waals surface area contributed by atoms with Crippen LogP contribution < -0.4 is 5.32 Å². The van der Waals surface area contributed by atoms with E-state index in [9.17, 15) is 4.39 Å². The van der Waals surface area contributed by atoms with E-state index in [0.29, 0.717) is 6.42 Å². The van der Waals surface area contributed by atoms with E-state index >= 15 is 0 Å². The zero-order valence-electron chi connectivity index (χ0n) is 9.71. The molecular formula is C14H20FN. The number of rotatable bonds is 4. The van der Waals surface area contributed by atoms with Gasteiger partial charge in [0.1, 0.15) is 0 Å². The average molecular weight is 221 g/mol. The summed E-state index contributed by atoms with van der Waals surface area (Å²) in [4.78, 5) is 0. The van der Waals surface area contributed by atoms with Gasteiger partial charge in [-0.1, -0.05) is 24.3 Å². The van der Waals surface area contributed by atoms with Crippen molar-refractivity contribution in [3.8, 4) is 0 Å². The number of benzene rings is 1. The molecule has 0 aromatic heterocycles. The van der Waals surface area contributed by atoms with Gasteiger partial charge in [-0.3, -0.25) is 4.39 Å². The lowest BCUT2D eigenvalue weighted by Gasteiger charge is -2.22. The van der Waals surface area contributed by atoms with E-state index in [1.54, 1.807) is 0 Å². The summed E-state index contributed by atoms with van der Waals surface area (Å²) in [6.07, 6.45) is 4.30. The van der Waals surface area contributed by atoms with Crippen molar-refractivity contribution in [3.63, 3.8) is 0 Å². The molecule has 0 spiro atoms. The van der Waals surface area contributed by atoms with Crippen molar-refractivity contribution in [2.75, 3.05) is 19.8 Å². The van der Waals surface area contributed by atoms with E-state index < -0.39 is 0 Å². The average Bonchev–Trinajstić information content (AvgIpc) is 2.33. The highest BCUT2D eigenvalue weighted by molar-refractivity contribution is 5.23. The van der Waals surface area contributed by atoms with Gasteiger partial charge in [0.05, 0.1) is 6.67 Å². The highest BCUT2D eigenvalue weighted by Gasteiger charge is 2.13. The first kappa shape index (κ1) is 11.6. The molecule has 2 rings (SSSR count).